The first kappa shape index (κ1) is 17.2. The Bertz CT molecular complexity index is 538. The van der Waals surface area contributed by atoms with E-state index in [1.165, 1.54) is 0 Å². The number of hydrogen-bond acceptors (Lipinski definition) is 4. The maximum Gasteiger partial charge on any atom is 0.325 e. The van der Waals surface area contributed by atoms with Crippen molar-refractivity contribution >= 4 is 17.8 Å². The molecule has 0 aromatic carbocycles. The normalized spacial score (nSPS) is 36.2. The molecule has 7 heteroatoms. The number of imide groups is 1. The van der Waals surface area contributed by atoms with Gasteiger partial charge in [0.2, 0.25) is 5.91 Å². The van der Waals surface area contributed by atoms with Gasteiger partial charge >= 0.3 is 6.03 Å². The molecule has 1 spiro atoms. The van der Waals surface area contributed by atoms with E-state index in [0.717, 1.165) is 43.4 Å². The number of rotatable bonds is 4. The Morgan fingerprint density at radius 3 is 2.79 bits per heavy atom. The van der Waals surface area contributed by atoms with Crippen molar-refractivity contribution in [1.29, 1.82) is 0 Å². The Morgan fingerprint density at radius 1 is 1.29 bits per heavy atom. The van der Waals surface area contributed by atoms with Crippen LogP contribution in [0.25, 0.3) is 0 Å². The number of hydrogen-bond donors (Lipinski definition) is 3. The third-order valence-electron chi connectivity index (χ3n) is 6.11. The zero-order valence-corrected chi connectivity index (χ0v) is 14.3. The molecule has 24 heavy (non-hydrogen) atoms. The van der Waals surface area contributed by atoms with E-state index in [2.05, 4.69) is 10.6 Å². The molecular formula is C17H28N4O3. The fourth-order valence-electron chi connectivity index (χ4n) is 4.54. The van der Waals surface area contributed by atoms with Crippen molar-refractivity contribution in [1.82, 2.24) is 15.5 Å². The molecule has 2 aliphatic carbocycles. The monoisotopic (exact) mass is 336 g/mol. The summed E-state index contributed by atoms with van der Waals surface area (Å²) in [4.78, 5) is 38.6. The fourth-order valence-corrected chi connectivity index (χ4v) is 4.54. The lowest BCUT2D eigenvalue weighted by Gasteiger charge is -2.36. The highest BCUT2D eigenvalue weighted by atomic mass is 16.2. The van der Waals surface area contributed by atoms with Gasteiger partial charge in [-0.05, 0) is 44.1 Å². The highest BCUT2D eigenvalue weighted by molar-refractivity contribution is 6.09. The van der Waals surface area contributed by atoms with Gasteiger partial charge in [-0.3, -0.25) is 14.5 Å². The van der Waals surface area contributed by atoms with Gasteiger partial charge < -0.3 is 16.4 Å². The second-order valence-corrected chi connectivity index (χ2v) is 7.54. The average molecular weight is 336 g/mol. The van der Waals surface area contributed by atoms with Gasteiger partial charge in [-0.15, -0.1) is 0 Å². The van der Waals surface area contributed by atoms with Crippen LogP contribution in [0.5, 0.6) is 0 Å². The number of nitrogens with zero attached hydrogens (tertiary/aromatic N) is 1. The molecule has 134 valence electrons. The summed E-state index contributed by atoms with van der Waals surface area (Å²) in [6, 6.07) is -0.378. The Labute approximate surface area is 142 Å². The molecule has 4 unspecified atom stereocenters. The van der Waals surface area contributed by atoms with Crippen molar-refractivity contribution in [3.63, 3.8) is 0 Å². The van der Waals surface area contributed by atoms with E-state index >= 15 is 0 Å². The Hall–Kier alpha value is -1.63. The molecule has 0 radical (unpaired) electrons. The first-order valence-corrected chi connectivity index (χ1v) is 9.11. The van der Waals surface area contributed by atoms with Crippen LogP contribution in [0.3, 0.4) is 0 Å². The maximum atomic E-state index is 12.8. The largest absolute Gasteiger partial charge is 0.351 e. The first-order valence-electron chi connectivity index (χ1n) is 9.11. The highest BCUT2D eigenvalue weighted by Gasteiger charge is 2.55. The van der Waals surface area contributed by atoms with E-state index in [4.69, 9.17) is 5.73 Å². The summed E-state index contributed by atoms with van der Waals surface area (Å²) < 4.78 is 0. The molecule has 0 bridgehead atoms. The number of carbonyl (C=O) groups excluding carboxylic acids is 3. The molecule has 3 fully saturated rings. The van der Waals surface area contributed by atoms with Gasteiger partial charge in [-0.25, -0.2) is 4.79 Å². The summed E-state index contributed by atoms with van der Waals surface area (Å²) in [5, 5.41) is 5.83. The SMILES string of the molecule is CC1CCCCC12NC(=O)N(CC(=O)NC1CCCC1CN)C2=O. The Kier molecular flexibility index (Phi) is 4.80. The lowest BCUT2D eigenvalue weighted by molar-refractivity contribution is -0.137. The van der Waals surface area contributed by atoms with Crippen LogP contribution < -0.4 is 16.4 Å². The number of nitrogens with one attached hydrogen (secondary N) is 2. The molecule has 1 heterocycles. The number of amides is 4. The van der Waals surface area contributed by atoms with Gasteiger partial charge in [0, 0.05) is 6.04 Å². The maximum absolute atomic E-state index is 12.8. The molecular weight excluding hydrogens is 308 g/mol. The Balaban J connectivity index is 1.63. The van der Waals surface area contributed by atoms with E-state index in [0.29, 0.717) is 18.9 Å². The number of urea groups is 1. The molecule has 2 saturated carbocycles. The molecule has 4 atom stereocenters. The van der Waals surface area contributed by atoms with Crippen molar-refractivity contribution in [3.05, 3.63) is 0 Å². The zero-order chi connectivity index (χ0) is 17.3. The van der Waals surface area contributed by atoms with E-state index < -0.39 is 11.6 Å². The van der Waals surface area contributed by atoms with Gasteiger partial charge in [0.25, 0.3) is 5.91 Å². The predicted octanol–water partition coefficient (Wildman–Crippen LogP) is 0.731. The molecule has 1 saturated heterocycles. The van der Waals surface area contributed by atoms with Gasteiger partial charge in [-0.2, -0.15) is 0 Å². The van der Waals surface area contributed by atoms with Crippen LogP contribution in [-0.4, -0.2) is 47.4 Å². The van der Waals surface area contributed by atoms with Crippen LogP contribution in [0, 0.1) is 11.8 Å². The molecule has 3 aliphatic rings. The van der Waals surface area contributed by atoms with E-state index in [1.54, 1.807) is 0 Å². The summed E-state index contributed by atoms with van der Waals surface area (Å²) in [5.74, 6) is -0.116. The van der Waals surface area contributed by atoms with Crippen molar-refractivity contribution in [3.8, 4) is 0 Å². The molecule has 4 amide bonds. The molecule has 4 N–H and O–H groups in total. The predicted molar refractivity (Wildman–Crippen MR) is 88.9 cm³/mol. The van der Waals surface area contributed by atoms with E-state index in [9.17, 15) is 14.4 Å². The van der Waals surface area contributed by atoms with Crippen LogP contribution >= 0.6 is 0 Å². The Morgan fingerprint density at radius 2 is 2.08 bits per heavy atom. The molecule has 7 nitrogen and oxygen atoms in total. The smallest absolute Gasteiger partial charge is 0.325 e. The van der Waals surface area contributed by atoms with Gasteiger partial charge in [0.15, 0.2) is 0 Å². The number of carbonyl (C=O) groups is 3. The van der Waals surface area contributed by atoms with Crippen LogP contribution in [0.2, 0.25) is 0 Å². The minimum Gasteiger partial charge on any atom is -0.351 e. The van der Waals surface area contributed by atoms with Crippen LogP contribution in [-0.2, 0) is 9.59 Å². The lowest BCUT2D eigenvalue weighted by atomic mass is 9.73. The van der Waals surface area contributed by atoms with Crippen molar-refractivity contribution in [2.45, 2.75) is 63.5 Å². The van der Waals surface area contributed by atoms with Gasteiger partial charge in [0.1, 0.15) is 12.1 Å². The van der Waals surface area contributed by atoms with Crippen molar-refractivity contribution in [2.24, 2.45) is 17.6 Å². The molecule has 1 aliphatic heterocycles. The number of nitrogens with two attached hydrogens (primary N) is 1. The second kappa shape index (κ2) is 6.70. The molecule has 0 aromatic heterocycles. The third kappa shape index (κ3) is 2.90. The summed E-state index contributed by atoms with van der Waals surface area (Å²) in [6.07, 6.45) is 6.57. The second-order valence-electron chi connectivity index (χ2n) is 7.54. The van der Waals surface area contributed by atoms with Gasteiger partial charge in [-0.1, -0.05) is 26.2 Å². The van der Waals surface area contributed by atoms with Crippen molar-refractivity contribution < 1.29 is 14.4 Å². The summed E-state index contributed by atoms with van der Waals surface area (Å²) in [5.41, 5.74) is 4.93. The fraction of sp³-hybridized carbons (Fsp3) is 0.824. The van der Waals surface area contributed by atoms with Crippen LogP contribution in [0.15, 0.2) is 0 Å². The average Bonchev–Trinajstić information content (AvgIpc) is 3.09. The van der Waals surface area contributed by atoms with E-state index in [1.807, 2.05) is 6.92 Å². The minimum atomic E-state index is -0.803. The quantitative estimate of drug-likeness (QED) is 0.658. The zero-order valence-electron chi connectivity index (χ0n) is 14.3. The minimum absolute atomic E-state index is 0.0610. The summed E-state index contributed by atoms with van der Waals surface area (Å²) >= 11 is 0. The third-order valence-corrected chi connectivity index (χ3v) is 6.11. The summed E-state index contributed by atoms with van der Waals surface area (Å²) in [7, 11) is 0. The van der Waals surface area contributed by atoms with Gasteiger partial charge in [0.05, 0.1) is 0 Å². The molecule has 3 rings (SSSR count). The van der Waals surface area contributed by atoms with Crippen LogP contribution in [0.1, 0.15) is 51.9 Å². The highest BCUT2D eigenvalue weighted by Crippen LogP contribution is 2.38. The summed E-state index contributed by atoms with van der Waals surface area (Å²) in [6.45, 7) is 2.35. The standard InChI is InChI=1S/C17H28N4O3/c1-11-5-2-3-8-17(11)15(23)21(16(24)20-17)10-14(22)19-13-7-4-6-12(13)9-18/h11-13H,2-10,18H2,1H3,(H,19,22)(H,20,24). The van der Waals surface area contributed by atoms with Crippen molar-refractivity contribution in [2.75, 3.05) is 13.1 Å². The van der Waals surface area contributed by atoms with Crippen LogP contribution in [0.4, 0.5) is 4.79 Å². The lowest BCUT2D eigenvalue weighted by Crippen LogP contribution is -2.54. The topological polar surface area (TPSA) is 105 Å². The van der Waals surface area contributed by atoms with E-state index in [-0.39, 0.29) is 30.3 Å². The molecule has 0 aromatic rings. The first-order chi connectivity index (χ1) is 11.5.